The molecular formula is C25H27FN4O5. The van der Waals surface area contributed by atoms with Crippen molar-refractivity contribution in [2.24, 2.45) is 10.7 Å². The number of aliphatic imine (C=N–C) groups is 1. The lowest BCUT2D eigenvalue weighted by molar-refractivity contribution is 0.0589. The van der Waals surface area contributed by atoms with Crippen molar-refractivity contribution in [2.45, 2.75) is 32.8 Å². The van der Waals surface area contributed by atoms with E-state index in [9.17, 15) is 14.0 Å². The number of carbonyl (C=O) groups excluding carboxylic acids is 2. The molecule has 0 spiro atoms. The molecule has 9 nitrogen and oxygen atoms in total. The number of anilines is 1. The van der Waals surface area contributed by atoms with Crippen LogP contribution in [0.5, 0.6) is 5.75 Å². The molecule has 0 saturated carbocycles. The van der Waals surface area contributed by atoms with Gasteiger partial charge < -0.3 is 25.3 Å². The Bertz CT molecular complexity index is 1280. The van der Waals surface area contributed by atoms with Crippen molar-refractivity contribution in [1.82, 2.24) is 4.98 Å². The Hall–Kier alpha value is -4.21. The minimum atomic E-state index is -0.872. The second-order valence-corrected chi connectivity index (χ2v) is 8.64. The van der Waals surface area contributed by atoms with Gasteiger partial charge in [0, 0.05) is 11.6 Å². The molecule has 0 atom stereocenters. The summed E-state index contributed by atoms with van der Waals surface area (Å²) in [7, 11) is 2.66. The quantitative estimate of drug-likeness (QED) is 0.311. The van der Waals surface area contributed by atoms with Gasteiger partial charge >= 0.3 is 12.1 Å². The van der Waals surface area contributed by atoms with Gasteiger partial charge in [0.2, 0.25) is 5.96 Å². The van der Waals surface area contributed by atoms with Crippen LogP contribution in [0.2, 0.25) is 0 Å². The molecular weight excluding hydrogens is 455 g/mol. The first-order valence-electron chi connectivity index (χ1n) is 10.7. The van der Waals surface area contributed by atoms with Crippen LogP contribution < -0.4 is 15.8 Å². The molecule has 3 aromatic rings. The van der Waals surface area contributed by atoms with Crippen molar-refractivity contribution in [3.63, 3.8) is 0 Å². The van der Waals surface area contributed by atoms with Gasteiger partial charge in [0.15, 0.2) is 5.75 Å². The van der Waals surface area contributed by atoms with Crippen LogP contribution in [0.3, 0.4) is 0 Å². The number of benzene rings is 2. The Labute approximate surface area is 202 Å². The average Bonchev–Trinajstić information content (AvgIpc) is 2.78. The van der Waals surface area contributed by atoms with E-state index in [1.54, 1.807) is 39.1 Å². The molecule has 0 unspecified atom stereocenters. The monoisotopic (exact) mass is 482 g/mol. The molecule has 0 aliphatic carbocycles. The zero-order valence-corrected chi connectivity index (χ0v) is 20.1. The number of halogens is 1. The first-order valence-corrected chi connectivity index (χ1v) is 10.7. The molecule has 35 heavy (non-hydrogen) atoms. The third-order valence-corrected chi connectivity index (χ3v) is 4.78. The molecule has 0 fully saturated rings. The maximum absolute atomic E-state index is 13.3. The number of esters is 1. The number of hydrogen-bond acceptors (Lipinski definition) is 6. The average molecular weight is 483 g/mol. The van der Waals surface area contributed by atoms with E-state index in [4.69, 9.17) is 19.9 Å². The summed E-state index contributed by atoms with van der Waals surface area (Å²) in [6.07, 6.45) is 1.24. The zero-order chi connectivity index (χ0) is 25.8. The van der Waals surface area contributed by atoms with Crippen LogP contribution >= 0.6 is 0 Å². The van der Waals surface area contributed by atoms with E-state index in [0.29, 0.717) is 23.0 Å². The van der Waals surface area contributed by atoms with Crippen LogP contribution in [0, 0.1) is 5.82 Å². The van der Waals surface area contributed by atoms with Crippen LogP contribution in [0.4, 0.5) is 14.9 Å². The summed E-state index contributed by atoms with van der Waals surface area (Å²) < 4.78 is 28.8. The predicted molar refractivity (Wildman–Crippen MR) is 130 cm³/mol. The van der Waals surface area contributed by atoms with E-state index in [2.05, 4.69) is 15.3 Å². The molecule has 0 radical (unpaired) electrons. The largest absolute Gasteiger partial charge is 0.494 e. The minimum Gasteiger partial charge on any atom is -0.494 e. The number of ether oxygens (including phenoxy) is 3. The Morgan fingerprint density at radius 2 is 1.80 bits per heavy atom. The first kappa shape index (κ1) is 25.4. The number of methoxy groups -OCH3 is 2. The van der Waals surface area contributed by atoms with Crippen LogP contribution in [0.1, 0.15) is 42.3 Å². The number of guanidine groups is 1. The summed E-state index contributed by atoms with van der Waals surface area (Å²) in [6.45, 7) is 5.12. The lowest BCUT2D eigenvalue weighted by Crippen LogP contribution is -2.27. The van der Waals surface area contributed by atoms with Crippen LogP contribution in [0.15, 0.2) is 47.6 Å². The molecule has 3 N–H and O–H groups in total. The predicted octanol–water partition coefficient (Wildman–Crippen LogP) is 4.42. The summed E-state index contributed by atoms with van der Waals surface area (Å²) in [5.41, 5.74) is 7.72. The molecule has 0 aliphatic heterocycles. The third-order valence-electron chi connectivity index (χ3n) is 4.78. The highest BCUT2D eigenvalue weighted by molar-refractivity contribution is 6.10. The SMILES string of the molecule is COC(=O)c1cc(N/C(N)=N\C(=O)OC(C)(C)C)c2cc(Cc3ccc(F)cc3)cnc2c1OC. The number of amides is 1. The highest BCUT2D eigenvalue weighted by Gasteiger charge is 2.21. The fraction of sp³-hybridized carbons (Fsp3) is 0.280. The summed E-state index contributed by atoms with van der Waals surface area (Å²) in [5, 5.41) is 3.40. The number of rotatable bonds is 5. The van der Waals surface area contributed by atoms with Crippen molar-refractivity contribution in [3.8, 4) is 5.75 Å². The maximum Gasteiger partial charge on any atom is 0.437 e. The van der Waals surface area contributed by atoms with Crippen LogP contribution in [-0.4, -0.2) is 42.8 Å². The van der Waals surface area contributed by atoms with Gasteiger partial charge in [-0.3, -0.25) is 4.98 Å². The lowest BCUT2D eigenvalue weighted by Gasteiger charge is -2.18. The van der Waals surface area contributed by atoms with Gasteiger partial charge in [-0.2, -0.15) is 0 Å². The fourth-order valence-corrected chi connectivity index (χ4v) is 3.36. The Kier molecular flexibility index (Phi) is 7.53. The van der Waals surface area contributed by atoms with Gasteiger partial charge in [-0.25, -0.2) is 14.0 Å². The van der Waals surface area contributed by atoms with E-state index >= 15 is 0 Å². The number of nitrogens with zero attached hydrogens (tertiary/aromatic N) is 2. The van der Waals surface area contributed by atoms with Gasteiger partial charge in [-0.15, -0.1) is 4.99 Å². The van der Waals surface area contributed by atoms with Gasteiger partial charge in [0.1, 0.15) is 22.5 Å². The molecule has 0 aliphatic rings. The molecule has 1 amide bonds. The van der Waals surface area contributed by atoms with Crippen LogP contribution in [-0.2, 0) is 15.9 Å². The summed E-state index contributed by atoms with van der Waals surface area (Å²) in [5.74, 6) is -0.998. The topological polar surface area (TPSA) is 125 Å². The van der Waals surface area contributed by atoms with Crippen molar-refractivity contribution in [3.05, 3.63) is 65.1 Å². The second-order valence-electron chi connectivity index (χ2n) is 8.64. The van der Waals surface area contributed by atoms with Crippen LogP contribution in [0.25, 0.3) is 10.9 Å². The molecule has 10 heteroatoms. The number of nitrogens with one attached hydrogen (secondary N) is 1. The van der Waals surface area contributed by atoms with E-state index in [0.717, 1.165) is 11.1 Å². The fourth-order valence-electron chi connectivity index (χ4n) is 3.36. The zero-order valence-electron chi connectivity index (χ0n) is 20.1. The van der Waals surface area contributed by atoms with E-state index in [-0.39, 0.29) is 23.1 Å². The maximum atomic E-state index is 13.3. The number of carbonyl (C=O) groups is 2. The first-order chi connectivity index (χ1) is 16.5. The molecule has 3 rings (SSSR count). The highest BCUT2D eigenvalue weighted by atomic mass is 19.1. The molecule has 2 aromatic carbocycles. The number of fused-ring (bicyclic) bond motifs is 1. The number of nitrogens with two attached hydrogens (primary N) is 1. The lowest BCUT2D eigenvalue weighted by atomic mass is 10.0. The molecule has 0 bridgehead atoms. The molecule has 1 heterocycles. The Morgan fingerprint density at radius 1 is 1.11 bits per heavy atom. The van der Waals surface area contributed by atoms with Crippen molar-refractivity contribution in [2.75, 3.05) is 19.5 Å². The van der Waals surface area contributed by atoms with Gasteiger partial charge in [0.25, 0.3) is 0 Å². The number of pyridine rings is 1. The summed E-state index contributed by atoms with van der Waals surface area (Å²) >= 11 is 0. The van der Waals surface area contributed by atoms with E-state index < -0.39 is 17.7 Å². The van der Waals surface area contributed by atoms with Gasteiger partial charge in [-0.1, -0.05) is 12.1 Å². The minimum absolute atomic E-state index is 0.105. The number of hydrogen-bond donors (Lipinski definition) is 2. The van der Waals surface area contributed by atoms with E-state index in [1.807, 2.05) is 6.07 Å². The van der Waals surface area contributed by atoms with Gasteiger partial charge in [0.05, 0.1) is 19.9 Å². The van der Waals surface area contributed by atoms with E-state index in [1.165, 1.54) is 32.4 Å². The normalized spacial score (nSPS) is 11.8. The summed E-state index contributed by atoms with van der Waals surface area (Å²) in [4.78, 5) is 32.7. The number of aromatic nitrogens is 1. The van der Waals surface area contributed by atoms with Crippen molar-refractivity contribution >= 4 is 34.6 Å². The standard InChI is InChI=1S/C25H27FN4O5/c1-25(2,3)35-24(32)30-23(27)29-19-12-18(22(31)34-5)21(33-4)20-17(19)11-15(13-28-20)10-14-6-8-16(26)9-7-14/h6-9,11-13H,10H2,1-5H3,(H3,27,29,30,32). The Balaban J connectivity index is 2.09. The van der Waals surface area contributed by atoms with Crippen molar-refractivity contribution in [1.29, 1.82) is 0 Å². The molecule has 0 saturated heterocycles. The Morgan fingerprint density at radius 3 is 2.40 bits per heavy atom. The smallest absolute Gasteiger partial charge is 0.437 e. The molecule has 184 valence electrons. The third kappa shape index (κ3) is 6.44. The van der Waals surface area contributed by atoms with Crippen molar-refractivity contribution < 1.29 is 28.2 Å². The second kappa shape index (κ2) is 10.4. The summed E-state index contributed by atoms with van der Waals surface area (Å²) in [6, 6.07) is 9.45. The van der Waals surface area contributed by atoms with Gasteiger partial charge in [-0.05, 0) is 62.6 Å². The highest BCUT2D eigenvalue weighted by Crippen LogP contribution is 2.35. The molecule has 1 aromatic heterocycles.